The van der Waals surface area contributed by atoms with Gasteiger partial charge in [-0.3, -0.25) is 19.7 Å². The lowest BCUT2D eigenvalue weighted by Gasteiger charge is -2.20. The molecule has 0 radical (unpaired) electrons. The fourth-order valence-corrected chi connectivity index (χ4v) is 3.35. The quantitative estimate of drug-likeness (QED) is 0.285. The van der Waals surface area contributed by atoms with Gasteiger partial charge in [0.05, 0.1) is 12.0 Å². The van der Waals surface area contributed by atoms with Crippen LogP contribution in [0.25, 0.3) is 11.6 Å². The highest BCUT2D eigenvalue weighted by molar-refractivity contribution is 5.86. The van der Waals surface area contributed by atoms with Crippen LogP contribution in [0, 0.1) is 16.0 Å². The second kappa shape index (κ2) is 10.5. The van der Waals surface area contributed by atoms with Crippen molar-refractivity contribution in [2.24, 2.45) is 16.1 Å². The summed E-state index contributed by atoms with van der Waals surface area (Å²) in [7, 11) is 0. The molecular weight excluding hydrogens is 446 g/mol. The van der Waals surface area contributed by atoms with E-state index in [2.05, 4.69) is 31.0 Å². The Balaban J connectivity index is 1.13. The molecule has 3 heterocycles. The van der Waals surface area contributed by atoms with Crippen molar-refractivity contribution in [2.45, 2.75) is 25.7 Å². The van der Waals surface area contributed by atoms with Gasteiger partial charge in [-0.05, 0) is 18.9 Å². The van der Waals surface area contributed by atoms with Gasteiger partial charge in [0.25, 0.3) is 5.91 Å². The van der Waals surface area contributed by atoms with E-state index in [0.29, 0.717) is 44.1 Å². The maximum Gasteiger partial charge on any atom is 0.433 e. The van der Waals surface area contributed by atoms with Gasteiger partial charge in [0.2, 0.25) is 17.6 Å². The van der Waals surface area contributed by atoms with Crippen LogP contribution in [0.1, 0.15) is 25.2 Å². The van der Waals surface area contributed by atoms with Gasteiger partial charge in [-0.1, -0.05) is 29.5 Å². The Bertz CT molecular complexity index is 1210. The van der Waals surface area contributed by atoms with E-state index in [1.165, 1.54) is 12.1 Å². The van der Waals surface area contributed by atoms with E-state index in [1.807, 2.05) is 18.2 Å². The average Bonchev–Trinajstić information content (AvgIpc) is 3.50. The van der Waals surface area contributed by atoms with Gasteiger partial charge >= 0.3 is 5.88 Å². The molecule has 176 valence electrons. The summed E-state index contributed by atoms with van der Waals surface area (Å²) in [6.07, 6.45) is 9.11. The number of aromatic nitrogens is 2. The number of rotatable bonds is 11. The number of nitro groups is 1. The standard InChI is InChI=1S/C21H21N7O6/c29-16(7-3-8-17-24-20(27-34-17)15-9-10-18(33-15)28(31)32)22-11-4-12-23-19-13-5-1-2-6-14(13)21(30)26-25-19/h1-2,5-6,9-10,14,23H,3-4,7-8,11-12H2,(H,22,29). The number of furan rings is 1. The Morgan fingerprint density at radius 3 is 2.88 bits per heavy atom. The van der Waals surface area contributed by atoms with Crippen molar-refractivity contribution < 1.29 is 23.5 Å². The lowest BCUT2D eigenvalue weighted by atomic mass is 9.93. The zero-order chi connectivity index (χ0) is 23.9. The Hall–Kier alpha value is -4.42. The van der Waals surface area contributed by atoms with Crippen LogP contribution in [-0.2, 0) is 16.0 Å². The number of nitrogens with zero attached hydrogens (tertiary/aromatic N) is 5. The molecule has 0 bridgehead atoms. The maximum absolute atomic E-state index is 12.0. The highest BCUT2D eigenvalue weighted by Crippen LogP contribution is 2.27. The number of aryl methyl sites for hydroxylation is 1. The lowest BCUT2D eigenvalue weighted by Crippen LogP contribution is -2.28. The summed E-state index contributed by atoms with van der Waals surface area (Å²) >= 11 is 0. The molecule has 4 rings (SSSR count). The van der Waals surface area contributed by atoms with Gasteiger partial charge in [0.1, 0.15) is 4.92 Å². The number of nitrogens with one attached hydrogen (secondary N) is 2. The summed E-state index contributed by atoms with van der Waals surface area (Å²) < 4.78 is 10.1. The minimum atomic E-state index is -0.652. The first-order valence-electron chi connectivity index (χ1n) is 10.6. The molecule has 13 heteroatoms. The Morgan fingerprint density at radius 1 is 1.18 bits per heavy atom. The minimum Gasteiger partial charge on any atom is -0.397 e. The predicted octanol–water partition coefficient (Wildman–Crippen LogP) is 2.60. The van der Waals surface area contributed by atoms with E-state index in [0.717, 1.165) is 5.57 Å². The van der Waals surface area contributed by atoms with Crippen LogP contribution in [0.4, 0.5) is 5.88 Å². The third kappa shape index (κ3) is 5.49. The molecule has 13 nitrogen and oxygen atoms in total. The normalized spacial score (nSPS) is 16.6. The molecule has 1 atom stereocenters. The van der Waals surface area contributed by atoms with Crippen LogP contribution in [0.5, 0.6) is 0 Å². The molecule has 0 fully saturated rings. The van der Waals surface area contributed by atoms with E-state index in [4.69, 9.17) is 8.94 Å². The molecule has 2 aromatic heterocycles. The number of carbonyl (C=O) groups is 2. The van der Waals surface area contributed by atoms with Crippen LogP contribution in [-0.4, -0.2) is 40.0 Å². The van der Waals surface area contributed by atoms with Crippen LogP contribution >= 0.6 is 0 Å². The second-order valence-electron chi connectivity index (χ2n) is 7.45. The van der Waals surface area contributed by atoms with E-state index in [1.54, 1.807) is 6.08 Å². The Morgan fingerprint density at radius 2 is 2.06 bits per heavy atom. The minimum absolute atomic E-state index is 0.105. The smallest absolute Gasteiger partial charge is 0.397 e. The maximum atomic E-state index is 12.0. The first-order chi connectivity index (χ1) is 16.5. The number of amides is 2. The number of azo groups is 1. The summed E-state index contributed by atoms with van der Waals surface area (Å²) in [6.45, 7) is 1.04. The fourth-order valence-electron chi connectivity index (χ4n) is 3.35. The third-order valence-corrected chi connectivity index (χ3v) is 5.04. The number of hydrogen-bond donors (Lipinski definition) is 2. The lowest BCUT2D eigenvalue weighted by molar-refractivity contribution is -0.401. The molecular formula is C21H21N7O6. The number of hydrogen-bond acceptors (Lipinski definition) is 10. The Labute approximate surface area is 192 Å². The van der Waals surface area contributed by atoms with Crippen molar-refractivity contribution in [1.82, 2.24) is 20.8 Å². The number of fused-ring (bicyclic) bond motifs is 1. The summed E-state index contributed by atoms with van der Waals surface area (Å²) in [5.41, 5.74) is 0.793. The van der Waals surface area contributed by atoms with Crippen molar-refractivity contribution in [3.05, 3.63) is 63.8 Å². The molecule has 2 aliphatic rings. The molecule has 1 aliphatic carbocycles. The van der Waals surface area contributed by atoms with E-state index in [9.17, 15) is 19.7 Å². The Kier molecular flexibility index (Phi) is 7.01. The zero-order valence-corrected chi connectivity index (χ0v) is 18.0. The SMILES string of the molecule is O=C(CCCc1nc(-c2ccc([N+](=O)[O-])o2)no1)NCCCNC1=C2C=CC=CC2C(=O)N=N1. The number of carbonyl (C=O) groups excluding carboxylic acids is 2. The molecule has 0 saturated carbocycles. The van der Waals surface area contributed by atoms with Gasteiger partial charge in [0, 0.05) is 31.5 Å². The van der Waals surface area contributed by atoms with E-state index >= 15 is 0 Å². The number of allylic oxidation sites excluding steroid dienone is 3. The van der Waals surface area contributed by atoms with Gasteiger partial charge in [-0.15, -0.1) is 10.2 Å². The molecule has 1 aliphatic heterocycles. The van der Waals surface area contributed by atoms with Crippen molar-refractivity contribution in [2.75, 3.05) is 13.1 Å². The topological polar surface area (TPSA) is 178 Å². The fraction of sp³-hybridized carbons (Fsp3) is 0.333. The highest BCUT2D eigenvalue weighted by Gasteiger charge is 2.27. The molecule has 2 aromatic rings. The van der Waals surface area contributed by atoms with E-state index < -0.39 is 16.7 Å². The third-order valence-electron chi connectivity index (χ3n) is 5.04. The van der Waals surface area contributed by atoms with Crippen LogP contribution in [0.15, 0.2) is 67.0 Å². The van der Waals surface area contributed by atoms with Crippen molar-refractivity contribution in [3.63, 3.8) is 0 Å². The van der Waals surface area contributed by atoms with Gasteiger partial charge < -0.3 is 19.6 Å². The first-order valence-corrected chi connectivity index (χ1v) is 10.6. The van der Waals surface area contributed by atoms with Crippen molar-refractivity contribution >= 4 is 17.7 Å². The van der Waals surface area contributed by atoms with Crippen molar-refractivity contribution in [3.8, 4) is 11.6 Å². The monoisotopic (exact) mass is 467 g/mol. The van der Waals surface area contributed by atoms with Crippen LogP contribution in [0.2, 0.25) is 0 Å². The second-order valence-corrected chi connectivity index (χ2v) is 7.45. The molecule has 2 N–H and O–H groups in total. The summed E-state index contributed by atoms with van der Waals surface area (Å²) in [5.74, 6) is -0.0539. The predicted molar refractivity (Wildman–Crippen MR) is 116 cm³/mol. The van der Waals surface area contributed by atoms with Gasteiger partial charge in [0.15, 0.2) is 11.6 Å². The van der Waals surface area contributed by atoms with Crippen molar-refractivity contribution in [1.29, 1.82) is 0 Å². The van der Waals surface area contributed by atoms with E-state index in [-0.39, 0.29) is 29.8 Å². The van der Waals surface area contributed by atoms with Gasteiger partial charge in [-0.25, -0.2) is 0 Å². The van der Waals surface area contributed by atoms with Crippen LogP contribution < -0.4 is 10.6 Å². The molecule has 1 unspecified atom stereocenters. The molecule has 0 spiro atoms. The summed E-state index contributed by atoms with van der Waals surface area (Å²) in [5, 5.41) is 28.0. The summed E-state index contributed by atoms with van der Waals surface area (Å²) in [4.78, 5) is 38.0. The summed E-state index contributed by atoms with van der Waals surface area (Å²) in [6, 6.07) is 2.61. The molecule has 0 saturated heterocycles. The molecule has 34 heavy (non-hydrogen) atoms. The van der Waals surface area contributed by atoms with Crippen LogP contribution in [0.3, 0.4) is 0 Å². The average molecular weight is 467 g/mol. The largest absolute Gasteiger partial charge is 0.433 e. The molecule has 0 aromatic carbocycles. The first kappa shape index (κ1) is 22.8. The molecule has 2 amide bonds. The zero-order valence-electron chi connectivity index (χ0n) is 18.0. The van der Waals surface area contributed by atoms with Gasteiger partial charge in [-0.2, -0.15) is 4.98 Å². The highest BCUT2D eigenvalue weighted by atomic mass is 16.6.